The number of carbonyl (C=O) groups is 1. The van der Waals surface area contributed by atoms with Gasteiger partial charge in [0.15, 0.2) is 10.2 Å². The summed E-state index contributed by atoms with van der Waals surface area (Å²) in [6.07, 6.45) is 1.86. The monoisotopic (exact) mass is 518 g/mol. The number of benzene rings is 2. The molecule has 2 aromatic heterocycles. The van der Waals surface area contributed by atoms with E-state index in [2.05, 4.69) is 15.6 Å². The summed E-state index contributed by atoms with van der Waals surface area (Å²) in [5, 5.41) is 7.24. The first-order chi connectivity index (χ1) is 17.6. The van der Waals surface area contributed by atoms with E-state index in [4.69, 9.17) is 16.6 Å². The van der Waals surface area contributed by atoms with Crippen LogP contribution in [0.4, 0.5) is 10.1 Å². The Bertz CT molecular complexity index is 1350. The summed E-state index contributed by atoms with van der Waals surface area (Å²) in [7, 11) is 0. The highest BCUT2D eigenvalue weighted by molar-refractivity contribution is 7.99. The molecule has 1 fully saturated rings. The Morgan fingerprint density at radius 3 is 2.61 bits per heavy atom. The van der Waals surface area contributed by atoms with Crippen molar-refractivity contribution >= 4 is 40.7 Å². The number of pyridine rings is 1. The second kappa shape index (κ2) is 10.9. The zero-order chi connectivity index (χ0) is 24.9. The molecule has 182 valence electrons. The van der Waals surface area contributed by atoms with Crippen molar-refractivity contribution in [1.82, 2.24) is 15.2 Å². The van der Waals surface area contributed by atoms with Crippen LogP contribution in [0.5, 0.6) is 0 Å². The van der Waals surface area contributed by atoms with E-state index in [9.17, 15) is 9.18 Å². The van der Waals surface area contributed by atoms with Gasteiger partial charge in [-0.1, -0.05) is 48.2 Å². The van der Waals surface area contributed by atoms with Crippen molar-refractivity contribution in [2.24, 2.45) is 0 Å². The van der Waals surface area contributed by atoms with E-state index < -0.39 is 5.82 Å². The average molecular weight is 519 g/mol. The molecule has 2 atom stereocenters. The van der Waals surface area contributed by atoms with Gasteiger partial charge in [-0.2, -0.15) is 0 Å². The SMILES string of the molecule is O=C(CCN1C(=S)N[C@H](c2ccccn2)[C@@H]1c1ccc(Sc2ccccc2)o1)Nc1ccccc1F. The van der Waals surface area contributed by atoms with Gasteiger partial charge < -0.3 is 20.0 Å². The van der Waals surface area contributed by atoms with Gasteiger partial charge in [-0.15, -0.1) is 0 Å². The summed E-state index contributed by atoms with van der Waals surface area (Å²) >= 11 is 7.19. The molecule has 0 aliphatic carbocycles. The van der Waals surface area contributed by atoms with Crippen LogP contribution in [0.15, 0.2) is 106 Å². The van der Waals surface area contributed by atoms with Crippen LogP contribution in [0.25, 0.3) is 0 Å². The first-order valence-electron chi connectivity index (χ1n) is 11.4. The summed E-state index contributed by atoms with van der Waals surface area (Å²) in [5.74, 6) is -0.0648. The van der Waals surface area contributed by atoms with Gasteiger partial charge in [0.2, 0.25) is 5.91 Å². The van der Waals surface area contributed by atoms with Crippen molar-refractivity contribution in [2.45, 2.75) is 28.5 Å². The topological polar surface area (TPSA) is 70.4 Å². The quantitative estimate of drug-likeness (QED) is 0.279. The molecular weight excluding hydrogens is 495 g/mol. The number of nitrogens with zero attached hydrogens (tertiary/aromatic N) is 2. The van der Waals surface area contributed by atoms with E-state index in [1.54, 1.807) is 18.3 Å². The number of hydrogen-bond donors (Lipinski definition) is 2. The van der Waals surface area contributed by atoms with E-state index in [0.29, 0.717) is 17.4 Å². The Labute approximate surface area is 217 Å². The fourth-order valence-electron chi connectivity index (χ4n) is 4.11. The molecule has 0 radical (unpaired) electrons. The van der Waals surface area contributed by atoms with Crippen molar-refractivity contribution in [3.05, 3.63) is 108 Å². The molecule has 3 heterocycles. The van der Waals surface area contributed by atoms with Crippen LogP contribution in [0.3, 0.4) is 0 Å². The number of aromatic nitrogens is 1. The van der Waals surface area contributed by atoms with Gasteiger partial charge in [-0.05, 0) is 60.7 Å². The van der Waals surface area contributed by atoms with Crippen molar-refractivity contribution in [3.63, 3.8) is 0 Å². The molecule has 2 aromatic carbocycles. The van der Waals surface area contributed by atoms with Crippen LogP contribution in [-0.4, -0.2) is 27.4 Å². The van der Waals surface area contributed by atoms with Crippen LogP contribution < -0.4 is 10.6 Å². The molecule has 0 unspecified atom stereocenters. The van der Waals surface area contributed by atoms with Gasteiger partial charge in [0, 0.05) is 24.1 Å². The van der Waals surface area contributed by atoms with Crippen molar-refractivity contribution in [2.75, 3.05) is 11.9 Å². The van der Waals surface area contributed by atoms with Gasteiger partial charge in [-0.3, -0.25) is 9.78 Å². The van der Waals surface area contributed by atoms with E-state index in [1.165, 1.54) is 23.9 Å². The maximum atomic E-state index is 14.0. The number of anilines is 1. The first kappa shape index (κ1) is 24.0. The molecule has 1 aliphatic rings. The van der Waals surface area contributed by atoms with Gasteiger partial charge in [0.25, 0.3) is 0 Å². The third-order valence-corrected chi connectivity index (χ3v) is 7.06. The van der Waals surface area contributed by atoms with Gasteiger partial charge >= 0.3 is 0 Å². The highest BCUT2D eigenvalue weighted by Crippen LogP contribution is 2.41. The van der Waals surface area contributed by atoms with Crippen LogP contribution in [0, 0.1) is 5.82 Å². The summed E-state index contributed by atoms with van der Waals surface area (Å²) in [5.41, 5.74) is 0.970. The minimum Gasteiger partial charge on any atom is -0.452 e. The minimum atomic E-state index is -0.476. The first-order valence-corrected chi connectivity index (χ1v) is 12.7. The normalized spacial score (nSPS) is 17.1. The Balaban J connectivity index is 1.36. The molecule has 0 bridgehead atoms. The third kappa shape index (κ3) is 5.42. The van der Waals surface area contributed by atoms with E-state index >= 15 is 0 Å². The second-order valence-electron chi connectivity index (χ2n) is 8.17. The van der Waals surface area contributed by atoms with Crippen LogP contribution >= 0.6 is 24.0 Å². The molecule has 9 heteroatoms. The van der Waals surface area contributed by atoms with Crippen molar-refractivity contribution in [1.29, 1.82) is 0 Å². The molecular formula is C27H23FN4O2S2. The molecule has 1 aliphatic heterocycles. The number of halogens is 1. The lowest BCUT2D eigenvalue weighted by molar-refractivity contribution is -0.116. The molecule has 5 rings (SSSR count). The van der Waals surface area contributed by atoms with Gasteiger partial charge in [0.05, 0.1) is 17.4 Å². The smallest absolute Gasteiger partial charge is 0.226 e. The Morgan fingerprint density at radius 1 is 1.06 bits per heavy atom. The molecule has 36 heavy (non-hydrogen) atoms. The highest BCUT2D eigenvalue weighted by Gasteiger charge is 2.41. The largest absolute Gasteiger partial charge is 0.452 e. The number of rotatable bonds is 8. The number of para-hydroxylation sites is 1. The van der Waals surface area contributed by atoms with Crippen LogP contribution in [-0.2, 0) is 4.79 Å². The van der Waals surface area contributed by atoms with E-state index in [1.807, 2.05) is 65.6 Å². The van der Waals surface area contributed by atoms with Gasteiger partial charge in [-0.25, -0.2) is 4.39 Å². The Kier molecular flexibility index (Phi) is 7.29. The van der Waals surface area contributed by atoms with E-state index in [-0.39, 0.29) is 30.1 Å². The second-order valence-corrected chi connectivity index (χ2v) is 9.63. The van der Waals surface area contributed by atoms with Crippen LogP contribution in [0.1, 0.15) is 30.0 Å². The summed E-state index contributed by atoms with van der Waals surface area (Å²) in [6, 6.07) is 25.1. The van der Waals surface area contributed by atoms with Crippen LogP contribution in [0.2, 0.25) is 0 Å². The van der Waals surface area contributed by atoms with Gasteiger partial charge in [0.1, 0.15) is 17.6 Å². The maximum absolute atomic E-state index is 14.0. The Hall–Kier alpha value is -3.69. The minimum absolute atomic E-state index is 0.119. The predicted molar refractivity (Wildman–Crippen MR) is 141 cm³/mol. The predicted octanol–water partition coefficient (Wildman–Crippen LogP) is 5.97. The molecule has 0 spiro atoms. The lowest BCUT2D eigenvalue weighted by Crippen LogP contribution is -2.32. The number of carbonyl (C=O) groups excluding carboxylic acids is 1. The third-order valence-electron chi connectivity index (χ3n) is 5.78. The van der Waals surface area contributed by atoms with Crippen molar-refractivity contribution < 1.29 is 13.6 Å². The molecule has 2 N–H and O–H groups in total. The number of thiocarbonyl (C=S) groups is 1. The fraction of sp³-hybridized carbons (Fsp3) is 0.148. The summed E-state index contributed by atoms with van der Waals surface area (Å²) in [6.45, 7) is 0.321. The average Bonchev–Trinajstić information content (AvgIpc) is 3.49. The van der Waals surface area contributed by atoms with E-state index in [0.717, 1.165) is 15.7 Å². The number of hydrogen-bond acceptors (Lipinski definition) is 5. The lowest BCUT2D eigenvalue weighted by atomic mass is 10.0. The fourth-order valence-corrected chi connectivity index (χ4v) is 5.24. The zero-order valence-electron chi connectivity index (χ0n) is 19.1. The molecule has 0 saturated carbocycles. The molecule has 4 aromatic rings. The maximum Gasteiger partial charge on any atom is 0.226 e. The zero-order valence-corrected chi connectivity index (χ0v) is 20.8. The van der Waals surface area contributed by atoms with Crippen molar-refractivity contribution in [3.8, 4) is 0 Å². The number of amides is 1. The Morgan fingerprint density at radius 2 is 1.83 bits per heavy atom. The standard InChI is InChI=1S/C27H23FN4O2S2/c28-19-10-4-5-11-20(19)30-23(33)15-17-32-26(25(31-27(32)35)21-12-6-7-16-29-21)22-13-14-24(34-22)36-18-8-2-1-3-9-18/h1-14,16,25-26H,15,17H2,(H,30,33)(H,31,35)/t25-,26+/m1/s1. The summed E-state index contributed by atoms with van der Waals surface area (Å²) in [4.78, 5) is 20.2. The molecule has 1 amide bonds. The highest BCUT2D eigenvalue weighted by atomic mass is 32.2. The summed E-state index contributed by atoms with van der Waals surface area (Å²) < 4.78 is 20.2. The number of furan rings is 1. The molecule has 1 saturated heterocycles. The molecule has 6 nitrogen and oxygen atoms in total. The number of nitrogens with one attached hydrogen (secondary N) is 2. The lowest BCUT2D eigenvalue weighted by Gasteiger charge is -2.25.